The third kappa shape index (κ3) is 3.41. The van der Waals surface area contributed by atoms with E-state index < -0.39 is 0 Å². The van der Waals surface area contributed by atoms with Crippen molar-refractivity contribution in [1.82, 2.24) is 9.97 Å². The second kappa shape index (κ2) is 7.33. The summed E-state index contributed by atoms with van der Waals surface area (Å²) in [6.07, 6.45) is 0. The van der Waals surface area contributed by atoms with Gasteiger partial charge in [-0.15, -0.1) is 0 Å². The highest BCUT2D eigenvalue weighted by Gasteiger charge is 2.12. The first-order valence-electron chi connectivity index (χ1n) is 9.78. The number of benzene rings is 4. The third-order valence-electron chi connectivity index (χ3n) is 5.22. The lowest BCUT2D eigenvalue weighted by atomic mass is 10.0. The average Bonchev–Trinajstić information content (AvgIpc) is 2.79. The summed E-state index contributed by atoms with van der Waals surface area (Å²) in [5.74, 6) is 0.746. The van der Waals surface area contributed by atoms with Gasteiger partial charge in [0.2, 0.25) is 0 Å². The number of rotatable bonds is 3. The van der Waals surface area contributed by atoms with Crippen molar-refractivity contribution in [2.24, 2.45) is 0 Å². The van der Waals surface area contributed by atoms with Gasteiger partial charge in [0.25, 0.3) is 0 Å². The summed E-state index contributed by atoms with van der Waals surface area (Å²) in [7, 11) is 0. The molecule has 2 nitrogen and oxygen atoms in total. The normalized spacial score (nSPS) is 10.9. The molecule has 0 N–H and O–H groups in total. The molecule has 5 aromatic rings. The van der Waals surface area contributed by atoms with Crippen LogP contribution in [0.3, 0.4) is 0 Å². The summed E-state index contributed by atoms with van der Waals surface area (Å²) in [4.78, 5) is 9.88. The molecule has 2 heteroatoms. The Labute approximate surface area is 170 Å². The highest BCUT2D eigenvalue weighted by molar-refractivity contribution is 5.86. The van der Waals surface area contributed by atoms with E-state index in [1.165, 1.54) is 16.3 Å². The van der Waals surface area contributed by atoms with E-state index in [-0.39, 0.29) is 0 Å². The van der Waals surface area contributed by atoms with Crippen LogP contribution in [0.2, 0.25) is 0 Å². The highest BCUT2D eigenvalue weighted by atomic mass is 14.9. The van der Waals surface area contributed by atoms with Crippen molar-refractivity contribution in [2.75, 3.05) is 0 Å². The topological polar surface area (TPSA) is 25.8 Å². The Morgan fingerprint density at radius 2 is 1.21 bits per heavy atom. The molecule has 0 amide bonds. The molecule has 0 atom stereocenters. The van der Waals surface area contributed by atoms with E-state index in [4.69, 9.17) is 9.97 Å². The van der Waals surface area contributed by atoms with Gasteiger partial charge in [-0.1, -0.05) is 91.0 Å². The Hall–Kier alpha value is -3.78. The number of fused-ring (bicyclic) bond motifs is 1. The lowest BCUT2D eigenvalue weighted by molar-refractivity contribution is 1.18. The molecule has 0 bridgehead atoms. The molecule has 0 aliphatic rings. The van der Waals surface area contributed by atoms with E-state index in [9.17, 15) is 0 Å². The molecule has 0 radical (unpaired) electrons. The molecular weight excluding hydrogens is 352 g/mol. The Morgan fingerprint density at radius 1 is 0.517 bits per heavy atom. The van der Waals surface area contributed by atoms with Crippen LogP contribution in [0.1, 0.15) is 5.56 Å². The van der Waals surface area contributed by atoms with E-state index in [0.717, 1.165) is 33.9 Å². The number of hydrogen-bond donors (Lipinski definition) is 0. The maximum atomic E-state index is 4.96. The van der Waals surface area contributed by atoms with Gasteiger partial charge in [-0.2, -0.15) is 0 Å². The molecule has 4 aromatic carbocycles. The van der Waals surface area contributed by atoms with Gasteiger partial charge >= 0.3 is 0 Å². The van der Waals surface area contributed by atoms with Crippen LogP contribution in [0.15, 0.2) is 103 Å². The summed E-state index contributed by atoms with van der Waals surface area (Å²) in [6.45, 7) is 2.12. The van der Waals surface area contributed by atoms with E-state index in [1.807, 2.05) is 18.2 Å². The van der Waals surface area contributed by atoms with E-state index in [0.29, 0.717) is 0 Å². The van der Waals surface area contributed by atoms with Gasteiger partial charge in [0.15, 0.2) is 5.82 Å². The molecular formula is C27H20N2. The van der Waals surface area contributed by atoms with Gasteiger partial charge in [0.05, 0.1) is 11.4 Å². The van der Waals surface area contributed by atoms with Crippen molar-refractivity contribution in [3.63, 3.8) is 0 Å². The minimum Gasteiger partial charge on any atom is -0.228 e. The largest absolute Gasteiger partial charge is 0.228 e. The zero-order valence-electron chi connectivity index (χ0n) is 16.2. The Morgan fingerprint density at radius 3 is 2.03 bits per heavy atom. The van der Waals surface area contributed by atoms with Gasteiger partial charge in [0, 0.05) is 16.7 Å². The van der Waals surface area contributed by atoms with Crippen LogP contribution in [0.5, 0.6) is 0 Å². The fourth-order valence-corrected chi connectivity index (χ4v) is 3.66. The monoisotopic (exact) mass is 372 g/mol. The van der Waals surface area contributed by atoms with Gasteiger partial charge in [-0.25, -0.2) is 9.97 Å². The zero-order valence-corrected chi connectivity index (χ0v) is 16.2. The van der Waals surface area contributed by atoms with E-state index >= 15 is 0 Å². The second-order valence-electron chi connectivity index (χ2n) is 7.20. The summed E-state index contributed by atoms with van der Waals surface area (Å²) in [5.41, 5.74) is 6.33. The van der Waals surface area contributed by atoms with Crippen LogP contribution in [0.25, 0.3) is 44.7 Å². The molecule has 29 heavy (non-hydrogen) atoms. The molecule has 0 spiro atoms. The molecule has 138 valence electrons. The van der Waals surface area contributed by atoms with E-state index in [2.05, 4.69) is 91.9 Å². The Kier molecular flexibility index (Phi) is 4.38. The first kappa shape index (κ1) is 17.3. The minimum atomic E-state index is 0.746. The van der Waals surface area contributed by atoms with Crippen LogP contribution in [0.4, 0.5) is 0 Å². The quantitative estimate of drug-likeness (QED) is 0.343. The summed E-state index contributed by atoms with van der Waals surface area (Å²) < 4.78 is 0. The van der Waals surface area contributed by atoms with Crippen LogP contribution < -0.4 is 0 Å². The number of aryl methyl sites for hydroxylation is 1. The number of aromatic nitrogens is 2. The lowest BCUT2D eigenvalue weighted by Gasteiger charge is -2.11. The molecule has 5 rings (SSSR count). The molecule has 0 saturated carbocycles. The van der Waals surface area contributed by atoms with Gasteiger partial charge in [0.1, 0.15) is 0 Å². The average molecular weight is 372 g/mol. The van der Waals surface area contributed by atoms with Gasteiger partial charge < -0.3 is 0 Å². The number of hydrogen-bond acceptors (Lipinski definition) is 2. The predicted octanol–water partition coefficient (Wildman–Crippen LogP) is 6.94. The van der Waals surface area contributed by atoms with Gasteiger partial charge in [-0.3, -0.25) is 0 Å². The van der Waals surface area contributed by atoms with E-state index in [1.54, 1.807) is 0 Å². The maximum Gasteiger partial charge on any atom is 0.160 e. The first-order valence-corrected chi connectivity index (χ1v) is 9.78. The molecule has 1 heterocycles. The van der Waals surface area contributed by atoms with Crippen LogP contribution in [-0.4, -0.2) is 9.97 Å². The molecule has 1 aromatic heterocycles. The second-order valence-corrected chi connectivity index (χ2v) is 7.20. The highest BCUT2D eigenvalue weighted by Crippen LogP contribution is 2.30. The van der Waals surface area contributed by atoms with Crippen molar-refractivity contribution >= 4 is 10.8 Å². The molecule has 0 saturated heterocycles. The third-order valence-corrected chi connectivity index (χ3v) is 5.22. The van der Waals surface area contributed by atoms with Crippen molar-refractivity contribution in [1.29, 1.82) is 0 Å². The molecule has 0 aliphatic carbocycles. The minimum absolute atomic E-state index is 0.746. The van der Waals surface area contributed by atoms with Crippen molar-refractivity contribution in [3.8, 4) is 33.9 Å². The smallest absolute Gasteiger partial charge is 0.160 e. The fraction of sp³-hybridized carbons (Fsp3) is 0.0370. The lowest BCUT2D eigenvalue weighted by Crippen LogP contribution is -1.96. The zero-order chi connectivity index (χ0) is 19.6. The SMILES string of the molecule is Cc1ccccc1-c1cc(-c2ccccc2)nc(-c2ccc3ccccc3c2)n1. The summed E-state index contributed by atoms with van der Waals surface area (Å²) in [5, 5.41) is 2.41. The van der Waals surface area contributed by atoms with Crippen molar-refractivity contribution in [3.05, 3.63) is 109 Å². The van der Waals surface area contributed by atoms with Crippen LogP contribution in [0, 0.1) is 6.92 Å². The van der Waals surface area contributed by atoms with Crippen molar-refractivity contribution < 1.29 is 0 Å². The summed E-state index contributed by atoms with van der Waals surface area (Å²) >= 11 is 0. The maximum absolute atomic E-state index is 4.96. The van der Waals surface area contributed by atoms with Gasteiger partial charge in [-0.05, 0) is 35.4 Å². The van der Waals surface area contributed by atoms with Crippen LogP contribution >= 0.6 is 0 Å². The molecule has 0 fully saturated rings. The Balaban J connectivity index is 1.73. The first-order chi connectivity index (χ1) is 14.3. The predicted molar refractivity (Wildman–Crippen MR) is 121 cm³/mol. The van der Waals surface area contributed by atoms with Crippen LogP contribution in [-0.2, 0) is 0 Å². The standard InChI is InChI=1S/C27H20N2/c1-19-9-5-8-14-24(19)26-18-25(21-11-3-2-4-12-21)28-27(29-26)23-16-15-20-10-6-7-13-22(20)17-23/h2-18H,1H3. The molecule has 0 aliphatic heterocycles. The summed E-state index contributed by atoms with van der Waals surface area (Å²) in [6, 6.07) is 35.5. The van der Waals surface area contributed by atoms with Crippen molar-refractivity contribution in [2.45, 2.75) is 6.92 Å². The Bertz CT molecular complexity index is 1310. The number of nitrogens with zero attached hydrogens (tertiary/aromatic N) is 2. The fourth-order valence-electron chi connectivity index (χ4n) is 3.66. The molecule has 0 unspecified atom stereocenters.